The number of nitrogens with zero attached hydrogens (tertiary/aromatic N) is 5. The minimum absolute atomic E-state index is 0.0133. The van der Waals surface area contributed by atoms with Gasteiger partial charge in [0.1, 0.15) is 29.2 Å². The first-order valence-corrected chi connectivity index (χ1v) is 24.7. The Bertz CT molecular complexity index is 2920. The van der Waals surface area contributed by atoms with Gasteiger partial charge in [0, 0.05) is 46.4 Å². The lowest BCUT2D eigenvalue weighted by Gasteiger charge is -2.37. The largest absolute Gasteiger partial charge is 0.465 e. The van der Waals surface area contributed by atoms with Crippen molar-refractivity contribution in [3.8, 4) is 0 Å². The number of hydrogen-bond acceptors (Lipinski definition) is 10. The highest BCUT2D eigenvalue weighted by molar-refractivity contribution is 5.80. The molecule has 4 heterocycles. The van der Waals surface area contributed by atoms with Gasteiger partial charge in [-0.2, -0.15) is 26.3 Å². The Morgan fingerprint density at radius 2 is 1.15 bits per heavy atom. The summed E-state index contributed by atoms with van der Waals surface area (Å²) in [5.41, 5.74) is 6.43. The average molecular weight is 1120 g/mol. The summed E-state index contributed by atoms with van der Waals surface area (Å²) in [5.74, 6) is -8.60. The van der Waals surface area contributed by atoms with Gasteiger partial charge in [-0.15, -0.1) is 0 Å². The molecule has 426 valence electrons. The van der Waals surface area contributed by atoms with Crippen LogP contribution in [0.4, 0.5) is 67.1 Å². The molecule has 2 aromatic heterocycles. The Hall–Kier alpha value is -6.55. The average Bonchev–Trinajstić information content (AvgIpc) is 4.32. The third-order valence-corrected chi connectivity index (χ3v) is 14.6. The Labute approximate surface area is 436 Å². The lowest BCUT2D eigenvalue weighted by atomic mass is 9.81. The van der Waals surface area contributed by atoms with Crippen LogP contribution in [-0.4, -0.2) is 125 Å². The molecule has 2 saturated carbocycles. The molecule has 2 aliphatic carbocycles. The molecule has 28 heteroatoms. The van der Waals surface area contributed by atoms with Crippen molar-refractivity contribution < 1.29 is 90.5 Å². The van der Waals surface area contributed by atoms with E-state index in [2.05, 4.69) is 9.97 Å². The zero-order valence-electron chi connectivity index (χ0n) is 41.7. The Morgan fingerprint density at radius 3 is 1.56 bits per heavy atom. The van der Waals surface area contributed by atoms with Gasteiger partial charge in [0.05, 0.1) is 44.4 Å². The summed E-state index contributed by atoms with van der Waals surface area (Å²) >= 11 is 0. The van der Waals surface area contributed by atoms with Crippen molar-refractivity contribution in [2.75, 3.05) is 40.5 Å². The number of hydrogen-bond donors (Lipinski definition) is 4. The molecule has 5 N–H and O–H groups in total. The lowest BCUT2D eigenvalue weighted by molar-refractivity contribution is -0.151. The van der Waals surface area contributed by atoms with Crippen LogP contribution < -0.4 is 16.4 Å². The second-order valence-electron chi connectivity index (χ2n) is 19.9. The fourth-order valence-electron chi connectivity index (χ4n) is 10.4. The first kappa shape index (κ1) is 57.6. The van der Waals surface area contributed by atoms with Crippen LogP contribution in [0.2, 0.25) is 0 Å². The van der Waals surface area contributed by atoms with E-state index in [0.29, 0.717) is 5.56 Å². The number of carbonyl (C=O) groups is 3. The minimum Gasteiger partial charge on any atom is -0.465 e. The highest BCUT2D eigenvalue weighted by atomic mass is 19.4. The predicted molar refractivity (Wildman–Crippen MR) is 251 cm³/mol. The highest BCUT2D eigenvalue weighted by Crippen LogP contribution is 2.46. The van der Waals surface area contributed by atoms with Crippen LogP contribution in [0.15, 0.2) is 63.4 Å². The van der Waals surface area contributed by atoms with Gasteiger partial charge in [0.25, 0.3) is 0 Å². The number of aromatic nitrogens is 2. The summed E-state index contributed by atoms with van der Waals surface area (Å²) in [7, 11) is 2.58. The molecule has 0 unspecified atom stereocenters. The van der Waals surface area contributed by atoms with E-state index in [1.807, 2.05) is 10.6 Å². The molecule has 0 bridgehead atoms. The Balaban J connectivity index is 0.000000213. The van der Waals surface area contributed by atoms with Crippen molar-refractivity contribution in [3.05, 3.63) is 94.7 Å². The van der Waals surface area contributed by atoms with Gasteiger partial charge >= 0.3 is 30.5 Å². The van der Waals surface area contributed by atoms with Crippen molar-refractivity contribution in [2.45, 2.75) is 118 Å². The van der Waals surface area contributed by atoms with Crippen LogP contribution in [0.3, 0.4) is 0 Å². The molecule has 5 amide bonds. The monoisotopic (exact) mass is 1120 g/mol. The number of alkyl halides is 10. The number of carbonyl (C=O) groups excluding carboxylic acids is 2. The van der Waals surface area contributed by atoms with E-state index in [1.54, 1.807) is 30.3 Å². The summed E-state index contributed by atoms with van der Waals surface area (Å²) in [6.07, 6.45) is -12.0. The van der Waals surface area contributed by atoms with Crippen molar-refractivity contribution in [3.63, 3.8) is 0 Å². The third-order valence-electron chi connectivity index (χ3n) is 14.6. The molecule has 0 spiro atoms. The Kier molecular flexibility index (Phi) is 16.7. The zero-order chi connectivity index (χ0) is 56.6. The van der Waals surface area contributed by atoms with Gasteiger partial charge in [0.15, 0.2) is 22.8 Å². The number of benzene rings is 3. The molecule has 9 rings (SSSR count). The summed E-state index contributed by atoms with van der Waals surface area (Å²) < 4.78 is 186. The zero-order valence-corrected chi connectivity index (χ0v) is 41.7. The molecule has 6 atom stereocenters. The van der Waals surface area contributed by atoms with E-state index in [4.69, 9.17) is 24.0 Å². The Morgan fingerprint density at radius 1 is 0.731 bits per heavy atom. The van der Waals surface area contributed by atoms with Crippen LogP contribution in [0.1, 0.15) is 104 Å². The fraction of sp³-hybridized carbons (Fsp3) is 0.540. The molecule has 2 saturated heterocycles. The van der Waals surface area contributed by atoms with E-state index >= 15 is 4.39 Å². The van der Waals surface area contributed by atoms with Crippen molar-refractivity contribution in [1.29, 1.82) is 0 Å². The number of rotatable bonds is 15. The van der Waals surface area contributed by atoms with Crippen LogP contribution >= 0.6 is 0 Å². The minimum atomic E-state index is -4.70. The summed E-state index contributed by atoms with van der Waals surface area (Å²) in [4.78, 5) is 48.8. The molecule has 16 nitrogen and oxygen atoms in total. The van der Waals surface area contributed by atoms with Crippen LogP contribution in [0.25, 0.3) is 22.2 Å². The standard InChI is InChI=1S/C29H30F6N4O5.C21H24F6N4O3/c1-43-15-21(38-14-22(29(33,34)35)37-26(38)40)18-11-19(30)24-20(12-18)36-25(44-24)23(17-7-9-28(31,32)10-8-17)39(27(41)42)13-16-5-3-2-4-6-16;1-33-9-14(31-8-15(21(25,26)27)30-19(31)32)11-6-12(22)17-13(7-11)29-18(34-17)16(28)10-2-4-20(23,24)5-3-10/h2-6,11-12,17,21-23H,7-10,13-15H2,1H3,(H,37,40)(H,41,42);6-7,10,14-16H,2-5,8-9,28H2,1H3,(H,30,32)/t21-,22+,23+;14-,15+,16+/m11/s1. The smallest absolute Gasteiger partial charge is 0.410 e. The van der Waals surface area contributed by atoms with Crippen LogP contribution in [0, 0.1) is 23.5 Å². The summed E-state index contributed by atoms with van der Waals surface area (Å²) in [5, 5.41) is 14.0. The van der Waals surface area contributed by atoms with Gasteiger partial charge in [0.2, 0.25) is 23.6 Å². The number of oxazole rings is 2. The number of carboxylic acid groups (broad SMARTS) is 1. The van der Waals surface area contributed by atoms with Gasteiger partial charge in [-0.1, -0.05) is 30.3 Å². The van der Waals surface area contributed by atoms with E-state index in [0.717, 1.165) is 26.8 Å². The van der Waals surface area contributed by atoms with Gasteiger partial charge in [-0.3, -0.25) is 4.90 Å². The van der Waals surface area contributed by atoms with E-state index in [9.17, 15) is 67.8 Å². The second kappa shape index (κ2) is 22.7. The van der Waals surface area contributed by atoms with Gasteiger partial charge in [-0.05, 0) is 78.5 Å². The summed E-state index contributed by atoms with van der Waals surface area (Å²) in [6, 6.07) is 3.07. The number of ether oxygens (including phenoxy) is 2. The number of fused-ring (bicyclic) bond motifs is 2. The van der Waals surface area contributed by atoms with Gasteiger partial charge in [-0.25, -0.2) is 50.7 Å². The number of nitrogens with one attached hydrogen (secondary N) is 2. The van der Waals surface area contributed by atoms with Crippen LogP contribution in [-0.2, 0) is 16.0 Å². The molecule has 2 aliphatic heterocycles. The predicted octanol–water partition coefficient (Wildman–Crippen LogP) is 11.1. The maximum absolute atomic E-state index is 15.5. The first-order valence-electron chi connectivity index (χ1n) is 24.7. The number of amides is 5. The van der Waals surface area contributed by atoms with Crippen molar-refractivity contribution in [1.82, 2.24) is 35.3 Å². The molecule has 3 aromatic carbocycles. The van der Waals surface area contributed by atoms with E-state index in [1.165, 1.54) is 26.4 Å². The number of nitrogens with two attached hydrogens (primary N) is 1. The quantitative estimate of drug-likeness (QED) is 0.0727. The molecule has 4 fully saturated rings. The van der Waals surface area contributed by atoms with Crippen molar-refractivity contribution >= 4 is 40.4 Å². The first-order chi connectivity index (χ1) is 36.7. The number of halogens is 12. The third kappa shape index (κ3) is 12.8. The highest BCUT2D eigenvalue weighted by Gasteiger charge is 2.51. The number of urea groups is 2. The lowest BCUT2D eigenvalue weighted by Crippen LogP contribution is -2.40. The van der Waals surface area contributed by atoms with Gasteiger partial charge < -0.3 is 49.6 Å². The second-order valence-corrected chi connectivity index (χ2v) is 19.9. The maximum atomic E-state index is 15.5. The molecule has 5 aromatic rings. The van der Waals surface area contributed by atoms with E-state index in [-0.39, 0.29) is 109 Å². The molecular weight excluding hydrogens is 1070 g/mol. The van der Waals surface area contributed by atoms with Crippen LogP contribution in [0.5, 0.6) is 0 Å². The normalized spacial score (nSPS) is 21.7. The fourth-order valence-corrected chi connectivity index (χ4v) is 10.4. The van der Waals surface area contributed by atoms with Crippen molar-refractivity contribution in [2.24, 2.45) is 17.6 Å². The molecule has 4 aliphatic rings. The SMILES string of the molecule is COC[C@H](c1cc(F)c2oc([C@@H](N)C3CCC(F)(F)CC3)nc2c1)N1C[C@@H](C(F)(F)F)NC1=O.COC[C@H](c1cc(F)c2oc([C@H](C3CCC(F)(F)CC3)N(Cc3ccccc3)C(=O)O)nc2c1)N1C[C@@H](C(F)(F)F)NC1=O. The maximum Gasteiger partial charge on any atom is 0.410 e. The van der Waals surface area contributed by atoms with E-state index < -0.39 is 122 Å². The molecule has 78 heavy (non-hydrogen) atoms. The topological polar surface area (TPSA) is 202 Å². The molecule has 0 radical (unpaired) electrons. The molecular formula is C50H54F12N8O8. The summed E-state index contributed by atoms with van der Waals surface area (Å²) in [6.45, 7) is -1.99. The number of methoxy groups -OCH3 is 2.